The number of aliphatic hydroxyl groups is 1. The van der Waals surface area contributed by atoms with Crippen LogP contribution in [0, 0.1) is 13.8 Å². The van der Waals surface area contributed by atoms with Gasteiger partial charge in [0.05, 0.1) is 6.04 Å². The van der Waals surface area contributed by atoms with Crippen LogP contribution in [0.1, 0.15) is 25.0 Å². The maximum absolute atomic E-state index is 9.78. The number of nitrogens with two attached hydrogens (primary N) is 1. The summed E-state index contributed by atoms with van der Waals surface area (Å²) in [5, 5.41) is 11.9. The van der Waals surface area contributed by atoms with E-state index < -0.39 is 6.10 Å². The number of quaternary nitrogens is 1. The first kappa shape index (κ1) is 14.0. The number of aliphatic hydroxyl groups excluding tert-OH is 1. The fourth-order valence-electron chi connectivity index (χ4n) is 1.70. The lowest BCUT2D eigenvalue weighted by Crippen LogP contribution is -2.90. The van der Waals surface area contributed by atoms with Gasteiger partial charge in [-0.15, -0.1) is 0 Å². The highest BCUT2D eigenvalue weighted by atomic mass is 16.5. The van der Waals surface area contributed by atoms with Gasteiger partial charge in [-0.3, -0.25) is 0 Å². The van der Waals surface area contributed by atoms with E-state index in [-0.39, 0.29) is 0 Å². The molecule has 1 aromatic carbocycles. The van der Waals surface area contributed by atoms with Crippen LogP contribution in [0.4, 0.5) is 0 Å². The van der Waals surface area contributed by atoms with Crippen LogP contribution in [0.15, 0.2) is 18.2 Å². The normalized spacial score (nSPS) is 12.8. The second-order valence-corrected chi connectivity index (χ2v) is 4.90. The SMILES string of the molecule is Cc1cccc(C)c1OC[C@@H](O)C[NH2+]C(C)C. The average Bonchev–Trinajstić information content (AvgIpc) is 2.25. The molecule has 0 heterocycles. The van der Waals surface area contributed by atoms with Crippen molar-refractivity contribution in [3.05, 3.63) is 29.3 Å². The molecule has 3 heteroatoms. The van der Waals surface area contributed by atoms with E-state index in [1.165, 1.54) is 0 Å². The maximum atomic E-state index is 9.78. The summed E-state index contributed by atoms with van der Waals surface area (Å²) in [6.45, 7) is 9.31. The van der Waals surface area contributed by atoms with Crippen molar-refractivity contribution in [2.45, 2.75) is 39.8 Å². The second kappa shape index (κ2) is 6.62. The fourth-order valence-corrected chi connectivity index (χ4v) is 1.70. The molecule has 0 aliphatic carbocycles. The molecule has 0 saturated carbocycles. The number of ether oxygens (including phenoxy) is 1. The van der Waals surface area contributed by atoms with Gasteiger partial charge >= 0.3 is 0 Å². The van der Waals surface area contributed by atoms with E-state index in [1.54, 1.807) is 0 Å². The van der Waals surface area contributed by atoms with Gasteiger partial charge in [-0.2, -0.15) is 0 Å². The number of para-hydroxylation sites is 1. The zero-order chi connectivity index (χ0) is 12.8. The number of hydrogen-bond acceptors (Lipinski definition) is 2. The predicted octanol–water partition coefficient (Wildman–Crippen LogP) is 1.01. The summed E-state index contributed by atoms with van der Waals surface area (Å²) in [7, 11) is 0. The molecule has 1 rings (SSSR count). The molecule has 0 fully saturated rings. The Kier molecular flexibility index (Phi) is 5.45. The third-order valence-electron chi connectivity index (χ3n) is 2.71. The lowest BCUT2D eigenvalue weighted by atomic mass is 10.1. The molecule has 3 N–H and O–H groups in total. The van der Waals surface area contributed by atoms with E-state index in [1.807, 2.05) is 32.0 Å². The van der Waals surface area contributed by atoms with E-state index in [9.17, 15) is 5.11 Å². The van der Waals surface area contributed by atoms with Gasteiger partial charge in [0, 0.05) is 0 Å². The van der Waals surface area contributed by atoms with Gasteiger partial charge in [0.1, 0.15) is 25.0 Å². The number of hydrogen-bond donors (Lipinski definition) is 2. The van der Waals surface area contributed by atoms with E-state index in [0.29, 0.717) is 19.2 Å². The van der Waals surface area contributed by atoms with Crippen molar-refractivity contribution >= 4 is 0 Å². The Morgan fingerprint density at radius 3 is 2.35 bits per heavy atom. The van der Waals surface area contributed by atoms with E-state index in [4.69, 9.17) is 4.74 Å². The highest BCUT2D eigenvalue weighted by Crippen LogP contribution is 2.22. The molecule has 0 aliphatic rings. The van der Waals surface area contributed by atoms with Crippen molar-refractivity contribution in [1.29, 1.82) is 0 Å². The summed E-state index contributed by atoms with van der Waals surface area (Å²) in [4.78, 5) is 0. The molecule has 3 nitrogen and oxygen atoms in total. The molecule has 0 saturated heterocycles. The molecule has 0 aliphatic heterocycles. The van der Waals surface area contributed by atoms with Crippen LogP contribution in [0.2, 0.25) is 0 Å². The third kappa shape index (κ3) is 4.75. The summed E-state index contributed by atoms with van der Waals surface area (Å²) >= 11 is 0. The maximum Gasteiger partial charge on any atom is 0.137 e. The molecule has 0 radical (unpaired) electrons. The van der Waals surface area contributed by atoms with E-state index >= 15 is 0 Å². The van der Waals surface area contributed by atoms with Crippen molar-refractivity contribution < 1.29 is 15.2 Å². The Morgan fingerprint density at radius 1 is 1.24 bits per heavy atom. The van der Waals surface area contributed by atoms with E-state index in [2.05, 4.69) is 19.2 Å². The molecule has 0 spiro atoms. The van der Waals surface area contributed by atoms with Crippen molar-refractivity contribution in [3.63, 3.8) is 0 Å². The Balaban J connectivity index is 2.44. The number of rotatable bonds is 6. The first-order chi connectivity index (χ1) is 8.00. The smallest absolute Gasteiger partial charge is 0.137 e. The van der Waals surface area contributed by atoms with Crippen LogP contribution in [0.25, 0.3) is 0 Å². The summed E-state index contributed by atoms with van der Waals surface area (Å²) in [6.07, 6.45) is -0.420. The minimum absolute atomic E-state index is 0.356. The molecule has 0 aromatic heterocycles. The first-order valence-electron chi connectivity index (χ1n) is 6.21. The highest BCUT2D eigenvalue weighted by Gasteiger charge is 2.10. The topological polar surface area (TPSA) is 46.1 Å². The minimum Gasteiger partial charge on any atom is -0.490 e. The van der Waals surface area contributed by atoms with Crippen LogP contribution in [0.3, 0.4) is 0 Å². The van der Waals surface area contributed by atoms with Gasteiger partial charge in [-0.1, -0.05) is 18.2 Å². The number of benzene rings is 1. The van der Waals surface area contributed by atoms with Crippen molar-refractivity contribution in [1.82, 2.24) is 0 Å². The first-order valence-corrected chi connectivity index (χ1v) is 6.21. The molecule has 0 bridgehead atoms. The van der Waals surface area contributed by atoms with Gasteiger partial charge < -0.3 is 15.2 Å². The van der Waals surface area contributed by atoms with Gasteiger partial charge in [-0.05, 0) is 38.8 Å². The quantitative estimate of drug-likeness (QED) is 0.777. The monoisotopic (exact) mass is 238 g/mol. The summed E-state index contributed by atoms with van der Waals surface area (Å²) < 4.78 is 5.69. The molecule has 96 valence electrons. The third-order valence-corrected chi connectivity index (χ3v) is 2.71. The van der Waals surface area contributed by atoms with Crippen LogP contribution in [-0.4, -0.2) is 30.4 Å². The molecule has 1 aromatic rings. The molecule has 0 amide bonds. The van der Waals surface area contributed by atoms with Crippen molar-refractivity contribution in [2.24, 2.45) is 0 Å². The standard InChI is InChI=1S/C14H23NO2/c1-10(2)15-8-13(16)9-17-14-11(3)6-5-7-12(14)4/h5-7,10,13,15-16H,8-9H2,1-4H3/p+1/t13-/m0/s1. The van der Waals surface area contributed by atoms with Gasteiger partial charge in [0.2, 0.25) is 0 Å². The van der Waals surface area contributed by atoms with Crippen LogP contribution >= 0.6 is 0 Å². The summed E-state index contributed by atoms with van der Waals surface area (Å²) in [6, 6.07) is 6.56. The Labute approximate surface area is 104 Å². The highest BCUT2D eigenvalue weighted by molar-refractivity contribution is 5.39. The molecule has 1 atom stereocenters. The fraction of sp³-hybridized carbons (Fsp3) is 0.571. The second-order valence-electron chi connectivity index (χ2n) is 4.90. The molecule has 0 unspecified atom stereocenters. The molecule has 17 heavy (non-hydrogen) atoms. The zero-order valence-electron chi connectivity index (χ0n) is 11.2. The molecular formula is C14H24NO2+. The lowest BCUT2D eigenvalue weighted by molar-refractivity contribution is -0.688. The average molecular weight is 238 g/mol. The zero-order valence-corrected chi connectivity index (χ0v) is 11.2. The van der Waals surface area contributed by atoms with Crippen molar-refractivity contribution in [2.75, 3.05) is 13.2 Å². The minimum atomic E-state index is -0.420. The van der Waals surface area contributed by atoms with Crippen molar-refractivity contribution in [3.8, 4) is 5.75 Å². The summed E-state index contributed by atoms with van der Waals surface area (Å²) in [5.74, 6) is 0.899. The summed E-state index contributed by atoms with van der Waals surface area (Å²) in [5.41, 5.74) is 2.23. The van der Waals surface area contributed by atoms with Crippen LogP contribution < -0.4 is 10.1 Å². The Morgan fingerprint density at radius 2 is 1.82 bits per heavy atom. The molecular weight excluding hydrogens is 214 g/mol. The predicted molar refractivity (Wildman–Crippen MR) is 69.3 cm³/mol. The van der Waals surface area contributed by atoms with E-state index in [0.717, 1.165) is 16.9 Å². The van der Waals surface area contributed by atoms with Crippen LogP contribution in [-0.2, 0) is 0 Å². The van der Waals surface area contributed by atoms with Crippen LogP contribution in [0.5, 0.6) is 5.75 Å². The Hall–Kier alpha value is -1.06. The lowest BCUT2D eigenvalue weighted by Gasteiger charge is -2.15. The number of aryl methyl sites for hydroxylation is 2. The Bertz CT molecular complexity index is 330. The van der Waals surface area contributed by atoms with Gasteiger partial charge in [0.15, 0.2) is 0 Å². The largest absolute Gasteiger partial charge is 0.490 e. The van der Waals surface area contributed by atoms with Gasteiger partial charge in [0.25, 0.3) is 0 Å². The van der Waals surface area contributed by atoms with Gasteiger partial charge in [-0.25, -0.2) is 0 Å².